The minimum Gasteiger partial charge on any atom is -0.377 e. The Balaban J connectivity index is 0.00000162. The van der Waals surface area contributed by atoms with Crippen molar-refractivity contribution in [3.8, 4) is 0 Å². The normalized spacial score (nSPS) is 33.4. The first kappa shape index (κ1) is 15.7. The van der Waals surface area contributed by atoms with Crippen LogP contribution in [-0.2, 0) is 9.53 Å². The van der Waals surface area contributed by atoms with E-state index in [9.17, 15) is 4.79 Å². The summed E-state index contributed by atoms with van der Waals surface area (Å²) in [6.07, 6.45) is 3.11. The molecule has 2 saturated heterocycles. The zero-order valence-electron chi connectivity index (χ0n) is 11.4. The largest absolute Gasteiger partial charge is 0.377 e. The SMILES string of the molecule is CC1CN(C(=O)[C@H]2CCN[C@@H](C)C2)CCCO1.Cl. The fourth-order valence-electron chi connectivity index (χ4n) is 2.81. The van der Waals surface area contributed by atoms with Crippen LogP contribution < -0.4 is 5.32 Å². The van der Waals surface area contributed by atoms with Gasteiger partial charge in [0.15, 0.2) is 0 Å². The molecule has 18 heavy (non-hydrogen) atoms. The molecule has 3 atom stereocenters. The van der Waals surface area contributed by atoms with Crippen molar-refractivity contribution in [2.45, 2.75) is 45.3 Å². The van der Waals surface area contributed by atoms with Crippen LogP contribution in [0.4, 0.5) is 0 Å². The monoisotopic (exact) mass is 276 g/mol. The van der Waals surface area contributed by atoms with Crippen LogP contribution in [0.3, 0.4) is 0 Å². The lowest BCUT2D eigenvalue weighted by atomic mass is 9.92. The standard InChI is InChI=1S/C13H24N2O2.ClH/c1-10-8-12(4-5-14-10)13(16)15-6-3-7-17-11(2)9-15;/h10-12,14H,3-9H2,1-2H3;1H/t10-,11?,12-;/m0./s1. The van der Waals surface area contributed by atoms with E-state index in [-0.39, 0.29) is 24.4 Å². The Hall–Kier alpha value is -0.320. The van der Waals surface area contributed by atoms with E-state index >= 15 is 0 Å². The molecule has 2 rings (SSSR count). The van der Waals surface area contributed by atoms with Crippen molar-refractivity contribution in [2.24, 2.45) is 5.92 Å². The Morgan fingerprint density at radius 3 is 2.89 bits per heavy atom. The highest BCUT2D eigenvalue weighted by Gasteiger charge is 2.29. The van der Waals surface area contributed by atoms with Gasteiger partial charge < -0.3 is 15.0 Å². The molecule has 5 heteroatoms. The summed E-state index contributed by atoms with van der Waals surface area (Å²) in [5.41, 5.74) is 0. The highest BCUT2D eigenvalue weighted by molar-refractivity contribution is 5.85. The van der Waals surface area contributed by atoms with Gasteiger partial charge in [-0.2, -0.15) is 0 Å². The van der Waals surface area contributed by atoms with E-state index in [0.717, 1.165) is 45.5 Å². The third-order valence-electron chi connectivity index (χ3n) is 3.74. The molecule has 1 unspecified atom stereocenters. The molecule has 0 aromatic heterocycles. The Morgan fingerprint density at radius 2 is 2.17 bits per heavy atom. The summed E-state index contributed by atoms with van der Waals surface area (Å²) in [7, 11) is 0. The van der Waals surface area contributed by atoms with Crippen LogP contribution in [0.1, 0.15) is 33.1 Å². The lowest BCUT2D eigenvalue weighted by Crippen LogP contribution is -2.45. The van der Waals surface area contributed by atoms with Crippen LogP contribution in [0.5, 0.6) is 0 Å². The fourth-order valence-corrected chi connectivity index (χ4v) is 2.81. The smallest absolute Gasteiger partial charge is 0.225 e. The summed E-state index contributed by atoms with van der Waals surface area (Å²) in [5, 5.41) is 3.40. The van der Waals surface area contributed by atoms with Gasteiger partial charge in [-0.3, -0.25) is 4.79 Å². The molecule has 2 aliphatic rings. The van der Waals surface area contributed by atoms with Crippen LogP contribution in [0.15, 0.2) is 0 Å². The first-order chi connectivity index (χ1) is 8.16. The number of nitrogens with one attached hydrogen (secondary N) is 1. The van der Waals surface area contributed by atoms with Crippen molar-refractivity contribution >= 4 is 18.3 Å². The highest BCUT2D eigenvalue weighted by atomic mass is 35.5. The maximum absolute atomic E-state index is 12.4. The Bertz CT molecular complexity index is 276. The molecule has 0 aliphatic carbocycles. The molecule has 0 aromatic rings. The summed E-state index contributed by atoms with van der Waals surface area (Å²) >= 11 is 0. The van der Waals surface area contributed by atoms with Crippen molar-refractivity contribution in [3.05, 3.63) is 0 Å². The summed E-state index contributed by atoms with van der Waals surface area (Å²) in [5.74, 6) is 0.562. The van der Waals surface area contributed by atoms with Gasteiger partial charge in [-0.05, 0) is 39.7 Å². The van der Waals surface area contributed by atoms with E-state index in [1.165, 1.54) is 0 Å². The second kappa shape index (κ2) is 7.31. The third-order valence-corrected chi connectivity index (χ3v) is 3.74. The maximum Gasteiger partial charge on any atom is 0.225 e. The first-order valence-corrected chi connectivity index (χ1v) is 6.80. The third kappa shape index (κ3) is 4.11. The van der Waals surface area contributed by atoms with Gasteiger partial charge in [-0.15, -0.1) is 12.4 Å². The summed E-state index contributed by atoms with van der Waals surface area (Å²) in [4.78, 5) is 14.5. The molecule has 1 amide bonds. The van der Waals surface area contributed by atoms with Crippen LogP contribution in [-0.4, -0.2) is 49.2 Å². The Morgan fingerprint density at radius 1 is 1.39 bits per heavy atom. The number of hydrogen-bond acceptors (Lipinski definition) is 3. The zero-order valence-corrected chi connectivity index (χ0v) is 12.2. The second-order valence-electron chi connectivity index (χ2n) is 5.40. The van der Waals surface area contributed by atoms with Crippen molar-refractivity contribution in [2.75, 3.05) is 26.2 Å². The quantitative estimate of drug-likeness (QED) is 0.788. The molecule has 2 heterocycles. The van der Waals surface area contributed by atoms with Crippen LogP contribution in [0, 0.1) is 5.92 Å². The van der Waals surface area contributed by atoms with Gasteiger partial charge in [0.2, 0.25) is 5.91 Å². The number of carbonyl (C=O) groups is 1. The summed E-state index contributed by atoms with van der Waals surface area (Å²) in [6.45, 7) is 7.59. The van der Waals surface area contributed by atoms with Crippen molar-refractivity contribution in [1.29, 1.82) is 0 Å². The minimum absolute atomic E-state index is 0. The molecule has 0 bridgehead atoms. The van der Waals surface area contributed by atoms with Gasteiger partial charge in [0, 0.05) is 31.7 Å². The first-order valence-electron chi connectivity index (χ1n) is 6.80. The number of halogens is 1. The number of amides is 1. The molecule has 2 aliphatic heterocycles. The molecule has 0 spiro atoms. The zero-order chi connectivity index (χ0) is 12.3. The number of nitrogens with zero attached hydrogens (tertiary/aromatic N) is 1. The number of piperidine rings is 1. The van der Waals surface area contributed by atoms with Gasteiger partial charge in [-0.25, -0.2) is 0 Å². The van der Waals surface area contributed by atoms with Gasteiger partial charge in [0.25, 0.3) is 0 Å². The molecule has 2 fully saturated rings. The molecule has 0 aromatic carbocycles. The second-order valence-corrected chi connectivity index (χ2v) is 5.40. The van der Waals surface area contributed by atoms with Gasteiger partial charge >= 0.3 is 0 Å². The molecule has 106 valence electrons. The average Bonchev–Trinajstić information content (AvgIpc) is 2.53. The van der Waals surface area contributed by atoms with Crippen LogP contribution >= 0.6 is 12.4 Å². The van der Waals surface area contributed by atoms with Gasteiger partial charge in [-0.1, -0.05) is 0 Å². The van der Waals surface area contributed by atoms with E-state index in [1.807, 2.05) is 4.90 Å². The molecule has 0 radical (unpaired) electrons. The lowest BCUT2D eigenvalue weighted by molar-refractivity contribution is -0.137. The van der Waals surface area contributed by atoms with Crippen molar-refractivity contribution < 1.29 is 9.53 Å². The number of rotatable bonds is 1. The predicted octanol–water partition coefficient (Wildman–Crippen LogP) is 1.43. The van der Waals surface area contributed by atoms with Crippen molar-refractivity contribution in [1.82, 2.24) is 10.2 Å². The van der Waals surface area contributed by atoms with Gasteiger partial charge in [0.05, 0.1) is 6.10 Å². The van der Waals surface area contributed by atoms with E-state index in [1.54, 1.807) is 0 Å². The van der Waals surface area contributed by atoms with E-state index < -0.39 is 0 Å². The maximum atomic E-state index is 12.4. The molecule has 0 saturated carbocycles. The predicted molar refractivity (Wildman–Crippen MR) is 74.0 cm³/mol. The topological polar surface area (TPSA) is 41.6 Å². The van der Waals surface area contributed by atoms with Crippen LogP contribution in [0.2, 0.25) is 0 Å². The molecule has 4 nitrogen and oxygen atoms in total. The number of carbonyl (C=O) groups excluding carboxylic acids is 1. The fraction of sp³-hybridized carbons (Fsp3) is 0.923. The lowest BCUT2D eigenvalue weighted by Gasteiger charge is -2.32. The molecular formula is C13H25ClN2O2. The van der Waals surface area contributed by atoms with E-state index in [4.69, 9.17) is 4.74 Å². The Kier molecular flexibility index (Phi) is 6.39. The van der Waals surface area contributed by atoms with Gasteiger partial charge in [0.1, 0.15) is 0 Å². The number of ether oxygens (including phenoxy) is 1. The minimum atomic E-state index is 0. The van der Waals surface area contributed by atoms with E-state index in [2.05, 4.69) is 19.2 Å². The Labute approximate surface area is 116 Å². The molecule has 1 N–H and O–H groups in total. The summed E-state index contributed by atoms with van der Waals surface area (Å²) < 4.78 is 5.59. The highest BCUT2D eigenvalue weighted by Crippen LogP contribution is 2.20. The van der Waals surface area contributed by atoms with E-state index in [0.29, 0.717) is 11.9 Å². The molecular weight excluding hydrogens is 252 g/mol. The summed E-state index contributed by atoms with van der Waals surface area (Å²) in [6, 6.07) is 0.471. The number of hydrogen-bond donors (Lipinski definition) is 1. The van der Waals surface area contributed by atoms with Crippen molar-refractivity contribution in [3.63, 3.8) is 0 Å². The average molecular weight is 277 g/mol. The van der Waals surface area contributed by atoms with Crippen LogP contribution in [0.25, 0.3) is 0 Å².